The normalized spacial score (nSPS) is 13.6. The summed E-state index contributed by atoms with van der Waals surface area (Å²) in [5.74, 6) is -0.0175. The molecule has 162 valence electrons. The third-order valence-electron chi connectivity index (χ3n) is 5.84. The predicted molar refractivity (Wildman–Crippen MR) is 126 cm³/mol. The second kappa shape index (κ2) is 9.33. The molecule has 7 heteroatoms. The van der Waals surface area contributed by atoms with Crippen LogP contribution in [-0.2, 0) is 17.8 Å². The number of amides is 1. The number of rotatable bonds is 6. The van der Waals surface area contributed by atoms with Crippen LogP contribution in [0.25, 0.3) is 5.69 Å². The number of hydrogen-bond acceptors (Lipinski definition) is 3. The third kappa shape index (κ3) is 4.73. The SMILES string of the molecule is Cc1nn(-c2ccc(Cl)c(Cl)c2)c(C)c1CC(=O)NCc1ccccc1N1CCCC1. The summed E-state index contributed by atoms with van der Waals surface area (Å²) >= 11 is 12.2. The highest BCUT2D eigenvalue weighted by atomic mass is 35.5. The molecular weight excluding hydrogens is 431 g/mol. The van der Waals surface area contributed by atoms with E-state index in [2.05, 4.69) is 33.5 Å². The van der Waals surface area contributed by atoms with Crippen molar-refractivity contribution in [1.82, 2.24) is 15.1 Å². The Balaban J connectivity index is 1.46. The van der Waals surface area contributed by atoms with Gasteiger partial charge in [-0.3, -0.25) is 4.79 Å². The summed E-state index contributed by atoms with van der Waals surface area (Å²) in [5, 5.41) is 8.68. The molecule has 5 nitrogen and oxygen atoms in total. The van der Waals surface area contributed by atoms with Crippen LogP contribution in [0.5, 0.6) is 0 Å². The molecule has 0 saturated carbocycles. The van der Waals surface area contributed by atoms with Crippen molar-refractivity contribution in [2.24, 2.45) is 0 Å². The van der Waals surface area contributed by atoms with Gasteiger partial charge in [-0.2, -0.15) is 5.10 Å². The molecule has 0 aliphatic carbocycles. The number of aromatic nitrogens is 2. The van der Waals surface area contributed by atoms with E-state index in [1.165, 1.54) is 18.5 Å². The average molecular weight is 457 g/mol. The molecule has 1 amide bonds. The standard InChI is InChI=1S/C24H26Cl2N4O/c1-16-20(17(2)30(28-16)19-9-10-21(25)22(26)13-19)14-24(31)27-15-18-7-3-4-8-23(18)29-11-5-6-12-29/h3-4,7-10,13H,5-6,11-12,14-15H2,1-2H3,(H,27,31). The molecule has 1 fully saturated rings. The first-order valence-electron chi connectivity index (χ1n) is 10.5. The molecule has 0 bridgehead atoms. The Labute approximate surface area is 193 Å². The molecule has 4 rings (SSSR count). The van der Waals surface area contributed by atoms with Crippen LogP contribution in [0.2, 0.25) is 10.0 Å². The molecule has 3 aromatic rings. The van der Waals surface area contributed by atoms with Gasteiger partial charge in [-0.1, -0.05) is 41.4 Å². The van der Waals surface area contributed by atoms with Gasteiger partial charge in [0.1, 0.15) is 0 Å². The molecule has 1 aliphatic heterocycles. The number of benzene rings is 2. The number of para-hydroxylation sites is 1. The van der Waals surface area contributed by atoms with Crippen molar-refractivity contribution in [3.63, 3.8) is 0 Å². The molecule has 0 unspecified atom stereocenters. The summed E-state index contributed by atoms with van der Waals surface area (Å²) in [5.41, 5.74) is 5.87. The van der Waals surface area contributed by atoms with Crippen molar-refractivity contribution in [1.29, 1.82) is 0 Å². The molecule has 31 heavy (non-hydrogen) atoms. The molecule has 0 atom stereocenters. The lowest BCUT2D eigenvalue weighted by Gasteiger charge is -2.21. The first-order valence-corrected chi connectivity index (χ1v) is 11.3. The van der Waals surface area contributed by atoms with Crippen LogP contribution in [0.15, 0.2) is 42.5 Å². The smallest absolute Gasteiger partial charge is 0.224 e. The van der Waals surface area contributed by atoms with Crippen molar-refractivity contribution in [2.45, 2.75) is 39.7 Å². The Kier molecular flexibility index (Phi) is 6.54. The van der Waals surface area contributed by atoms with Gasteiger partial charge in [-0.05, 0) is 56.5 Å². The van der Waals surface area contributed by atoms with Gasteiger partial charge in [0.25, 0.3) is 0 Å². The maximum Gasteiger partial charge on any atom is 0.224 e. The summed E-state index contributed by atoms with van der Waals surface area (Å²) in [7, 11) is 0. The van der Waals surface area contributed by atoms with E-state index in [0.717, 1.165) is 41.3 Å². The van der Waals surface area contributed by atoms with Gasteiger partial charge in [0.2, 0.25) is 5.91 Å². The fourth-order valence-corrected chi connectivity index (χ4v) is 4.44. The van der Waals surface area contributed by atoms with Crippen LogP contribution in [0.4, 0.5) is 5.69 Å². The largest absolute Gasteiger partial charge is 0.371 e. The Morgan fingerprint density at radius 2 is 1.81 bits per heavy atom. The lowest BCUT2D eigenvalue weighted by molar-refractivity contribution is -0.120. The molecule has 1 N–H and O–H groups in total. The summed E-state index contributed by atoms with van der Waals surface area (Å²) < 4.78 is 1.81. The van der Waals surface area contributed by atoms with Crippen molar-refractivity contribution in [3.05, 3.63) is 75.0 Å². The summed E-state index contributed by atoms with van der Waals surface area (Å²) in [6, 6.07) is 13.7. The minimum atomic E-state index is -0.0175. The predicted octanol–water partition coefficient (Wildman–Crippen LogP) is 5.26. The average Bonchev–Trinajstić information content (AvgIpc) is 3.39. The number of anilines is 1. The zero-order chi connectivity index (χ0) is 22.0. The minimum Gasteiger partial charge on any atom is -0.371 e. The van der Waals surface area contributed by atoms with Gasteiger partial charge in [-0.25, -0.2) is 4.68 Å². The highest BCUT2D eigenvalue weighted by Crippen LogP contribution is 2.27. The van der Waals surface area contributed by atoms with Crippen LogP contribution >= 0.6 is 23.2 Å². The van der Waals surface area contributed by atoms with Crippen LogP contribution in [-0.4, -0.2) is 28.8 Å². The number of aryl methyl sites for hydroxylation is 1. The second-order valence-corrected chi connectivity index (χ2v) is 8.75. The van der Waals surface area contributed by atoms with Crippen LogP contribution < -0.4 is 10.2 Å². The number of halogens is 2. The van der Waals surface area contributed by atoms with E-state index in [9.17, 15) is 4.79 Å². The van der Waals surface area contributed by atoms with Gasteiger partial charge in [0.05, 0.1) is 27.8 Å². The zero-order valence-corrected chi connectivity index (χ0v) is 19.3. The molecule has 2 heterocycles. The number of hydrogen-bond donors (Lipinski definition) is 1. The zero-order valence-electron chi connectivity index (χ0n) is 17.8. The maximum atomic E-state index is 12.8. The molecule has 1 saturated heterocycles. The Hall–Kier alpha value is -2.50. The molecule has 0 radical (unpaired) electrons. The van der Waals surface area contributed by atoms with E-state index in [4.69, 9.17) is 23.2 Å². The Bertz CT molecular complexity index is 1100. The number of nitrogens with one attached hydrogen (secondary N) is 1. The van der Waals surface area contributed by atoms with E-state index >= 15 is 0 Å². The first-order chi connectivity index (χ1) is 14.9. The monoisotopic (exact) mass is 456 g/mol. The molecule has 1 aliphatic rings. The van der Waals surface area contributed by atoms with Crippen molar-refractivity contribution < 1.29 is 4.79 Å². The second-order valence-electron chi connectivity index (χ2n) is 7.94. The van der Waals surface area contributed by atoms with Gasteiger partial charge in [0, 0.05) is 36.6 Å². The highest BCUT2D eigenvalue weighted by molar-refractivity contribution is 6.42. The van der Waals surface area contributed by atoms with E-state index in [0.29, 0.717) is 16.6 Å². The van der Waals surface area contributed by atoms with Crippen molar-refractivity contribution >= 4 is 34.8 Å². The lowest BCUT2D eigenvalue weighted by atomic mass is 10.1. The van der Waals surface area contributed by atoms with Gasteiger partial charge < -0.3 is 10.2 Å². The van der Waals surface area contributed by atoms with Crippen LogP contribution in [0, 0.1) is 13.8 Å². The van der Waals surface area contributed by atoms with E-state index in [-0.39, 0.29) is 12.3 Å². The van der Waals surface area contributed by atoms with Crippen LogP contribution in [0.1, 0.15) is 35.4 Å². The molecule has 0 spiro atoms. The fourth-order valence-electron chi connectivity index (χ4n) is 4.14. The van der Waals surface area contributed by atoms with Gasteiger partial charge >= 0.3 is 0 Å². The molecular formula is C24H26Cl2N4O. The van der Waals surface area contributed by atoms with Gasteiger partial charge in [-0.15, -0.1) is 0 Å². The minimum absolute atomic E-state index is 0.0175. The van der Waals surface area contributed by atoms with Crippen molar-refractivity contribution in [2.75, 3.05) is 18.0 Å². The number of nitrogens with zero attached hydrogens (tertiary/aromatic N) is 3. The van der Waals surface area contributed by atoms with Gasteiger partial charge in [0.15, 0.2) is 0 Å². The van der Waals surface area contributed by atoms with E-state index in [1.807, 2.05) is 30.7 Å². The lowest BCUT2D eigenvalue weighted by Crippen LogP contribution is -2.27. The first kappa shape index (κ1) is 21.7. The third-order valence-corrected chi connectivity index (χ3v) is 6.58. The maximum absolute atomic E-state index is 12.8. The van der Waals surface area contributed by atoms with Crippen LogP contribution in [0.3, 0.4) is 0 Å². The summed E-state index contributed by atoms with van der Waals surface area (Å²) in [6.45, 7) is 6.57. The number of carbonyl (C=O) groups excluding carboxylic acids is 1. The Morgan fingerprint density at radius 3 is 2.55 bits per heavy atom. The number of carbonyl (C=O) groups is 1. The van der Waals surface area contributed by atoms with E-state index < -0.39 is 0 Å². The molecule has 1 aromatic heterocycles. The molecule has 2 aromatic carbocycles. The van der Waals surface area contributed by atoms with Crippen molar-refractivity contribution in [3.8, 4) is 5.69 Å². The fraction of sp³-hybridized carbons (Fsp3) is 0.333. The quantitative estimate of drug-likeness (QED) is 0.550. The summed E-state index contributed by atoms with van der Waals surface area (Å²) in [4.78, 5) is 15.2. The highest BCUT2D eigenvalue weighted by Gasteiger charge is 2.18. The Morgan fingerprint density at radius 1 is 1.06 bits per heavy atom. The topological polar surface area (TPSA) is 50.2 Å². The van der Waals surface area contributed by atoms with E-state index in [1.54, 1.807) is 12.1 Å². The summed E-state index contributed by atoms with van der Waals surface area (Å²) in [6.07, 6.45) is 2.73.